The van der Waals surface area contributed by atoms with Gasteiger partial charge in [-0.25, -0.2) is 0 Å². The standard InChI is InChI=1S/C11H16N2/c12-7-11-4-3-10(11)6-9-2-1-5-13-8-9/h1-2,5,8,10-11H,3-4,6-7,12H2. The van der Waals surface area contributed by atoms with E-state index < -0.39 is 0 Å². The number of rotatable bonds is 3. The van der Waals surface area contributed by atoms with Gasteiger partial charge in [0.05, 0.1) is 0 Å². The summed E-state index contributed by atoms with van der Waals surface area (Å²) in [5.41, 5.74) is 7.01. The molecule has 70 valence electrons. The van der Waals surface area contributed by atoms with Gasteiger partial charge >= 0.3 is 0 Å². The van der Waals surface area contributed by atoms with Crippen LogP contribution < -0.4 is 5.73 Å². The third-order valence-electron chi connectivity index (χ3n) is 3.10. The molecule has 1 aromatic heterocycles. The highest BCUT2D eigenvalue weighted by atomic mass is 14.6. The fraction of sp³-hybridized carbons (Fsp3) is 0.545. The minimum absolute atomic E-state index is 0.764. The molecule has 0 aromatic carbocycles. The van der Waals surface area contributed by atoms with Gasteiger partial charge in [-0.05, 0) is 49.3 Å². The first-order valence-corrected chi connectivity index (χ1v) is 4.99. The Balaban J connectivity index is 1.92. The molecule has 2 rings (SSSR count). The average molecular weight is 176 g/mol. The molecule has 0 amide bonds. The first-order valence-electron chi connectivity index (χ1n) is 4.99. The van der Waals surface area contributed by atoms with Crippen LogP contribution in [0.3, 0.4) is 0 Å². The van der Waals surface area contributed by atoms with Gasteiger partial charge in [-0.15, -0.1) is 0 Å². The highest BCUT2D eigenvalue weighted by Crippen LogP contribution is 2.35. The second kappa shape index (κ2) is 3.88. The molecule has 13 heavy (non-hydrogen) atoms. The predicted octanol–water partition coefficient (Wildman–Crippen LogP) is 1.61. The van der Waals surface area contributed by atoms with E-state index in [-0.39, 0.29) is 0 Å². The summed E-state index contributed by atoms with van der Waals surface area (Å²) in [5, 5.41) is 0. The lowest BCUT2D eigenvalue weighted by molar-refractivity contribution is 0.183. The van der Waals surface area contributed by atoms with Gasteiger partial charge in [0.15, 0.2) is 0 Å². The number of hydrogen-bond acceptors (Lipinski definition) is 2. The van der Waals surface area contributed by atoms with E-state index in [1.165, 1.54) is 18.4 Å². The summed E-state index contributed by atoms with van der Waals surface area (Å²) >= 11 is 0. The molecular formula is C11H16N2. The minimum atomic E-state index is 0.764. The Kier molecular flexibility index (Phi) is 2.60. The van der Waals surface area contributed by atoms with E-state index in [1.807, 2.05) is 18.5 Å². The maximum atomic E-state index is 5.66. The van der Waals surface area contributed by atoms with E-state index in [9.17, 15) is 0 Å². The van der Waals surface area contributed by atoms with E-state index in [2.05, 4.69) is 11.1 Å². The summed E-state index contributed by atoms with van der Waals surface area (Å²) < 4.78 is 0. The Bertz CT molecular complexity index is 256. The number of hydrogen-bond donors (Lipinski definition) is 1. The van der Waals surface area contributed by atoms with Crippen molar-refractivity contribution in [3.05, 3.63) is 30.1 Å². The Morgan fingerprint density at radius 3 is 2.77 bits per heavy atom. The normalized spacial score (nSPS) is 26.8. The fourth-order valence-corrected chi connectivity index (χ4v) is 2.04. The first-order chi connectivity index (χ1) is 6.40. The molecule has 1 aliphatic rings. The Hall–Kier alpha value is -0.890. The van der Waals surface area contributed by atoms with Gasteiger partial charge in [-0.3, -0.25) is 4.98 Å². The molecule has 0 spiro atoms. The van der Waals surface area contributed by atoms with Crippen molar-refractivity contribution in [2.45, 2.75) is 19.3 Å². The van der Waals surface area contributed by atoms with Crippen molar-refractivity contribution in [1.29, 1.82) is 0 Å². The van der Waals surface area contributed by atoms with Crippen molar-refractivity contribution in [2.24, 2.45) is 17.6 Å². The lowest BCUT2D eigenvalue weighted by Crippen LogP contribution is -2.33. The number of pyridine rings is 1. The molecule has 2 nitrogen and oxygen atoms in total. The summed E-state index contributed by atoms with van der Waals surface area (Å²) in [6, 6.07) is 4.16. The van der Waals surface area contributed by atoms with E-state index in [0.29, 0.717) is 0 Å². The van der Waals surface area contributed by atoms with Crippen molar-refractivity contribution in [1.82, 2.24) is 4.98 Å². The van der Waals surface area contributed by atoms with Crippen LogP contribution in [0.1, 0.15) is 18.4 Å². The van der Waals surface area contributed by atoms with E-state index in [4.69, 9.17) is 5.73 Å². The highest BCUT2D eigenvalue weighted by molar-refractivity contribution is 5.10. The Labute approximate surface area is 79.2 Å². The summed E-state index contributed by atoms with van der Waals surface area (Å²) in [6.07, 6.45) is 7.62. The van der Waals surface area contributed by atoms with Crippen molar-refractivity contribution >= 4 is 0 Å². The molecule has 1 aromatic rings. The lowest BCUT2D eigenvalue weighted by atomic mass is 9.71. The maximum absolute atomic E-state index is 5.66. The van der Waals surface area contributed by atoms with Crippen molar-refractivity contribution in [2.75, 3.05) is 6.54 Å². The second-order valence-electron chi connectivity index (χ2n) is 3.90. The molecule has 2 unspecified atom stereocenters. The summed E-state index contributed by atoms with van der Waals surface area (Å²) in [7, 11) is 0. The third kappa shape index (κ3) is 1.89. The number of nitrogens with zero attached hydrogens (tertiary/aromatic N) is 1. The third-order valence-corrected chi connectivity index (χ3v) is 3.10. The second-order valence-corrected chi connectivity index (χ2v) is 3.90. The Morgan fingerprint density at radius 2 is 2.23 bits per heavy atom. The molecule has 0 saturated heterocycles. The van der Waals surface area contributed by atoms with E-state index in [1.54, 1.807) is 0 Å². The van der Waals surface area contributed by atoms with Crippen LogP contribution in [0, 0.1) is 11.8 Å². The van der Waals surface area contributed by atoms with Crippen LogP contribution in [-0.2, 0) is 6.42 Å². The molecule has 2 N–H and O–H groups in total. The molecule has 1 aliphatic carbocycles. The highest BCUT2D eigenvalue weighted by Gasteiger charge is 2.29. The van der Waals surface area contributed by atoms with Gasteiger partial charge in [0, 0.05) is 12.4 Å². The monoisotopic (exact) mass is 176 g/mol. The van der Waals surface area contributed by atoms with Gasteiger partial charge in [0.25, 0.3) is 0 Å². The van der Waals surface area contributed by atoms with E-state index >= 15 is 0 Å². The predicted molar refractivity (Wildman–Crippen MR) is 53.2 cm³/mol. The molecule has 0 radical (unpaired) electrons. The van der Waals surface area contributed by atoms with Crippen LogP contribution >= 0.6 is 0 Å². The molecule has 1 saturated carbocycles. The van der Waals surface area contributed by atoms with Crippen LogP contribution in [0.25, 0.3) is 0 Å². The number of aromatic nitrogens is 1. The SMILES string of the molecule is NCC1CCC1Cc1cccnc1. The van der Waals surface area contributed by atoms with Crippen LogP contribution in [0.5, 0.6) is 0 Å². The molecule has 1 fully saturated rings. The van der Waals surface area contributed by atoms with Crippen molar-refractivity contribution < 1.29 is 0 Å². The fourth-order valence-electron chi connectivity index (χ4n) is 2.04. The topological polar surface area (TPSA) is 38.9 Å². The van der Waals surface area contributed by atoms with Gasteiger partial charge in [0.2, 0.25) is 0 Å². The van der Waals surface area contributed by atoms with Crippen LogP contribution in [0.4, 0.5) is 0 Å². The van der Waals surface area contributed by atoms with Gasteiger partial charge in [-0.2, -0.15) is 0 Å². The van der Waals surface area contributed by atoms with Gasteiger partial charge in [-0.1, -0.05) is 6.07 Å². The summed E-state index contributed by atoms with van der Waals surface area (Å²) in [6.45, 7) is 0.852. The molecule has 0 aliphatic heterocycles. The van der Waals surface area contributed by atoms with Crippen LogP contribution in [0.2, 0.25) is 0 Å². The zero-order chi connectivity index (χ0) is 9.10. The first kappa shape index (κ1) is 8.70. The van der Waals surface area contributed by atoms with Gasteiger partial charge < -0.3 is 5.73 Å². The van der Waals surface area contributed by atoms with E-state index in [0.717, 1.165) is 24.8 Å². The minimum Gasteiger partial charge on any atom is -0.330 e. The number of nitrogens with two attached hydrogens (primary N) is 1. The Morgan fingerprint density at radius 1 is 1.38 bits per heavy atom. The van der Waals surface area contributed by atoms with Crippen molar-refractivity contribution in [3.63, 3.8) is 0 Å². The molecular weight excluding hydrogens is 160 g/mol. The zero-order valence-electron chi connectivity index (χ0n) is 7.82. The quantitative estimate of drug-likeness (QED) is 0.760. The average Bonchev–Trinajstić information content (AvgIpc) is 2.15. The largest absolute Gasteiger partial charge is 0.330 e. The summed E-state index contributed by atoms with van der Waals surface area (Å²) in [5.74, 6) is 1.58. The van der Waals surface area contributed by atoms with Crippen molar-refractivity contribution in [3.8, 4) is 0 Å². The summed E-state index contributed by atoms with van der Waals surface area (Å²) in [4.78, 5) is 4.12. The maximum Gasteiger partial charge on any atom is 0.0299 e. The van der Waals surface area contributed by atoms with Crippen LogP contribution in [0.15, 0.2) is 24.5 Å². The molecule has 1 heterocycles. The lowest BCUT2D eigenvalue weighted by Gasteiger charge is -2.35. The molecule has 2 atom stereocenters. The molecule has 0 bridgehead atoms. The van der Waals surface area contributed by atoms with Gasteiger partial charge in [0.1, 0.15) is 0 Å². The molecule has 2 heteroatoms. The smallest absolute Gasteiger partial charge is 0.0299 e. The zero-order valence-corrected chi connectivity index (χ0v) is 7.82. The van der Waals surface area contributed by atoms with Crippen LogP contribution in [-0.4, -0.2) is 11.5 Å².